The molecule has 5 heteroatoms. The highest BCUT2D eigenvalue weighted by molar-refractivity contribution is 6.10. The summed E-state index contributed by atoms with van der Waals surface area (Å²) in [7, 11) is 0. The number of aromatic nitrogens is 3. The van der Waals surface area contributed by atoms with Gasteiger partial charge in [0.05, 0.1) is 28.4 Å². The van der Waals surface area contributed by atoms with Crippen molar-refractivity contribution < 1.29 is 4.42 Å². The predicted molar refractivity (Wildman–Crippen MR) is 171 cm³/mol. The Hall–Kier alpha value is -5.73. The van der Waals surface area contributed by atoms with Crippen molar-refractivity contribution in [3.63, 3.8) is 0 Å². The summed E-state index contributed by atoms with van der Waals surface area (Å²) in [6, 6.07) is 39.9. The minimum Gasteiger partial charge on any atom is -0.423 e. The summed E-state index contributed by atoms with van der Waals surface area (Å²) in [5, 5.41) is 10.5. The van der Waals surface area contributed by atoms with Crippen molar-refractivity contribution in [3.8, 4) is 39.6 Å². The molecule has 1 aliphatic rings. The summed E-state index contributed by atoms with van der Waals surface area (Å²) in [4.78, 5) is 10.1. The monoisotopic (exact) mass is 552 g/mol. The van der Waals surface area contributed by atoms with Crippen LogP contribution < -0.4 is 0 Å². The molecule has 9 rings (SSSR count). The molecule has 202 valence electrons. The molecule has 8 aromatic rings. The Bertz CT molecular complexity index is 2480. The van der Waals surface area contributed by atoms with Crippen LogP contribution in [0.5, 0.6) is 0 Å². The van der Waals surface area contributed by atoms with Crippen LogP contribution in [0.4, 0.5) is 0 Å². The minimum absolute atomic E-state index is 0.186. The maximum absolute atomic E-state index is 9.48. The van der Waals surface area contributed by atoms with Gasteiger partial charge < -0.3 is 4.42 Å². The highest BCUT2D eigenvalue weighted by Crippen LogP contribution is 2.50. The number of para-hydroxylation sites is 3. The normalized spacial score (nSPS) is 13.5. The van der Waals surface area contributed by atoms with Crippen LogP contribution in [0.15, 0.2) is 114 Å². The number of pyridine rings is 1. The summed E-state index contributed by atoms with van der Waals surface area (Å²) in [5.41, 5.74) is 14.2. The van der Waals surface area contributed by atoms with Crippen molar-refractivity contribution >= 4 is 38.9 Å². The van der Waals surface area contributed by atoms with Crippen molar-refractivity contribution in [3.05, 3.63) is 126 Å². The van der Waals surface area contributed by atoms with Gasteiger partial charge in [0, 0.05) is 16.4 Å². The van der Waals surface area contributed by atoms with Crippen LogP contribution in [0.1, 0.15) is 30.5 Å². The smallest absolute Gasteiger partial charge is 0.307 e. The molecule has 0 saturated heterocycles. The third kappa shape index (κ3) is 3.26. The first-order chi connectivity index (χ1) is 21.0. The van der Waals surface area contributed by atoms with Gasteiger partial charge in [-0.25, -0.2) is 4.98 Å². The lowest BCUT2D eigenvalue weighted by molar-refractivity contribution is 0.643. The Balaban J connectivity index is 1.20. The van der Waals surface area contributed by atoms with Crippen molar-refractivity contribution in [2.45, 2.75) is 19.3 Å². The molecule has 43 heavy (non-hydrogen) atoms. The molecular weight excluding hydrogens is 528 g/mol. The molecule has 5 aromatic carbocycles. The zero-order valence-electron chi connectivity index (χ0n) is 23.6. The van der Waals surface area contributed by atoms with Crippen LogP contribution in [0, 0.1) is 11.3 Å². The molecule has 0 spiro atoms. The van der Waals surface area contributed by atoms with Crippen molar-refractivity contribution in [1.29, 1.82) is 5.26 Å². The van der Waals surface area contributed by atoms with E-state index in [1.54, 1.807) is 0 Å². The van der Waals surface area contributed by atoms with E-state index < -0.39 is 0 Å². The molecule has 0 radical (unpaired) electrons. The summed E-state index contributed by atoms with van der Waals surface area (Å²) in [6.07, 6.45) is 0. The molecule has 0 amide bonds. The van der Waals surface area contributed by atoms with Crippen LogP contribution in [-0.2, 0) is 5.41 Å². The summed E-state index contributed by atoms with van der Waals surface area (Å²) in [5.74, 6) is 0.566. The van der Waals surface area contributed by atoms with E-state index in [4.69, 9.17) is 14.4 Å². The quantitative estimate of drug-likeness (QED) is 0.214. The van der Waals surface area contributed by atoms with Gasteiger partial charge in [-0.15, -0.1) is 0 Å². The molecule has 0 bridgehead atoms. The van der Waals surface area contributed by atoms with Crippen LogP contribution in [-0.4, -0.2) is 14.4 Å². The second-order valence-corrected chi connectivity index (χ2v) is 11.8. The maximum Gasteiger partial charge on any atom is 0.307 e. The van der Waals surface area contributed by atoms with E-state index in [9.17, 15) is 5.26 Å². The Morgan fingerprint density at radius 1 is 0.721 bits per heavy atom. The lowest BCUT2D eigenvalue weighted by Gasteiger charge is -2.22. The number of benzene rings is 5. The zero-order chi connectivity index (χ0) is 28.9. The molecule has 3 heterocycles. The molecule has 5 nitrogen and oxygen atoms in total. The second kappa shape index (κ2) is 8.40. The number of rotatable bonds is 2. The largest absolute Gasteiger partial charge is 0.423 e. The summed E-state index contributed by atoms with van der Waals surface area (Å²) >= 11 is 0. The van der Waals surface area contributed by atoms with Gasteiger partial charge >= 0.3 is 5.84 Å². The molecule has 0 aliphatic heterocycles. The van der Waals surface area contributed by atoms with Gasteiger partial charge in [0.2, 0.25) is 0 Å². The van der Waals surface area contributed by atoms with Crippen LogP contribution in [0.25, 0.3) is 72.4 Å². The van der Waals surface area contributed by atoms with Crippen molar-refractivity contribution in [2.24, 2.45) is 0 Å². The molecule has 0 saturated carbocycles. The van der Waals surface area contributed by atoms with Gasteiger partial charge in [0.25, 0.3) is 0 Å². The average molecular weight is 553 g/mol. The number of nitriles is 1. The predicted octanol–water partition coefficient (Wildman–Crippen LogP) is 9.29. The average Bonchev–Trinajstić information content (AvgIpc) is 3.67. The first-order valence-corrected chi connectivity index (χ1v) is 14.4. The molecule has 3 aromatic heterocycles. The van der Waals surface area contributed by atoms with Crippen LogP contribution in [0.2, 0.25) is 0 Å². The first kappa shape index (κ1) is 23.9. The SMILES string of the molecule is CC1(C)c2cc(C#N)ccc2-c2ccc(-c3ccc(-c4nc5ccccc5c5nc6oc7ccccc7n6c45)cc3)cc21. The topological polar surface area (TPSA) is 67.1 Å². The highest BCUT2D eigenvalue weighted by Gasteiger charge is 2.35. The Morgan fingerprint density at radius 3 is 2.26 bits per heavy atom. The Kier molecular flexibility index (Phi) is 4.68. The number of nitrogens with zero attached hydrogens (tertiary/aromatic N) is 4. The fourth-order valence-corrected chi connectivity index (χ4v) is 6.88. The third-order valence-electron chi connectivity index (χ3n) is 9.07. The van der Waals surface area contributed by atoms with E-state index >= 15 is 0 Å². The summed E-state index contributed by atoms with van der Waals surface area (Å²) < 4.78 is 8.24. The number of fused-ring (bicyclic) bond motifs is 10. The number of hydrogen-bond donors (Lipinski definition) is 0. The fourth-order valence-electron chi connectivity index (χ4n) is 6.88. The van der Waals surface area contributed by atoms with Crippen LogP contribution in [0.3, 0.4) is 0 Å². The Morgan fingerprint density at radius 2 is 1.42 bits per heavy atom. The van der Waals surface area contributed by atoms with Crippen molar-refractivity contribution in [1.82, 2.24) is 14.4 Å². The van der Waals surface area contributed by atoms with E-state index in [-0.39, 0.29) is 5.41 Å². The van der Waals surface area contributed by atoms with Gasteiger partial charge in [0.15, 0.2) is 5.58 Å². The number of hydrogen-bond acceptors (Lipinski definition) is 4. The molecule has 0 atom stereocenters. The van der Waals surface area contributed by atoms with Gasteiger partial charge in [-0.2, -0.15) is 10.2 Å². The molecule has 1 aliphatic carbocycles. The van der Waals surface area contributed by atoms with Crippen LogP contribution >= 0.6 is 0 Å². The minimum atomic E-state index is -0.186. The van der Waals surface area contributed by atoms with E-state index in [1.807, 2.05) is 48.5 Å². The number of imidazole rings is 1. The second-order valence-electron chi connectivity index (χ2n) is 11.8. The standard InChI is InChI=1S/C38H24N4O/c1-38(2)29-19-22(21-39)11-17-26(29)27-18-16-25(20-30(27)38)23-12-14-24(15-13-23)34-36-35(28-7-3-4-8-31(28)40-34)41-37-42(36)32-9-5-6-10-33(32)43-37/h3-20H,1-2H3. The lowest BCUT2D eigenvalue weighted by Crippen LogP contribution is -2.15. The Labute approximate surface area is 247 Å². The van der Waals surface area contributed by atoms with Gasteiger partial charge in [0.1, 0.15) is 11.0 Å². The molecule has 0 fully saturated rings. The first-order valence-electron chi connectivity index (χ1n) is 14.4. The van der Waals surface area contributed by atoms with Gasteiger partial charge in [-0.3, -0.25) is 4.40 Å². The summed E-state index contributed by atoms with van der Waals surface area (Å²) in [6.45, 7) is 4.49. The molecular formula is C38H24N4O. The highest BCUT2D eigenvalue weighted by atomic mass is 16.4. The van der Waals surface area contributed by atoms with Gasteiger partial charge in [-0.05, 0) is 69.8 Å². The van der Waals surface area contributed by atoms with Gasteiger partial charge in [-0.1, -0.05) is 86.6 Å². The molecule has 0 unspecified atom stereocenters. The third-order valence-corrected chi connectivity index (χ3v) is 9.07. The van der Waals surface area contributed by atoms with Crippen molar-refractivity contribution in [2.75, 3.05) is 0 Å². The van der Waals surface area contributed by atoms with E-state index in [0.717, 1.165) is 55.4 Å². The maximum atomic E-state index is 9.48. The van der Waals surface area contributed by atoms with E-state index in [0.29, 0.717) is 11.4 Å². The van der Waals surface area contributed by atoms with E-state index in [1.165, 1.54) is 22.3 Å². The number of oxazole rings is 1. The lowest BCUT2D eigenvalue weighted by atomic mass is 9.81. The molecule has 0 N–H and O–H groups in total. The van der Waals surface area contributed by atoms with E-state index in [2.05, 4.69) is 85.0 Å². The zero-order valence-corrected chi connectivity index (χ0v) is 23.6. The fraction of sp³-hybridized carbons (Fsp3) is 0.0789.